The lowest BCUT2D eigenvalue weighted by Crippen LogP contribution is -2.21. The highest BCUT2D eigenvalue weighted by atomic mass is 32.2. The molecular formula is C14H18N2OS. The van der Waals surface area contributed by atoms with Crippen molar-refractivity contribution in [2.75, 3.05) is 6.26 Å². The molecule has 0 aliphatic heterocycles. The second kappa shape index (κ2) is 6.07. The van der Waals surface area contributed by atoms with E-state index >= 15 is 0 Å². The number of aromatic nitrogens is 1. The second-order valence-electron chi connectivity index (χ2n) is 4.38. The first-order valence-corrected chi connectivity index (χ1v) is 7.24. The number of oxazole rings is 1. The number of benzene rings is 1. The maximum atomic E-state index is 5.56. The van der Waals surface area contributed by atoms with Gasteiger partial charge in [-0.15, -0.1) is 11.8 Å². The summed E-state index contributed by atoms with van der Waals surface area (Å²) in [6.07, 6.45) is 3.78. The molecule has 1 aromatic heterocycles. The van der Waals surface area contributed by atoms with E-state index in [1.807, 2.05) is 18.2 Å². The number of rotatable bonds is 5. The van der Waals surface area contributed by atoms with Crippen molar-refractivity contribution in [3.63, 3.8) is 0 Å². The molecule has 0 aliphatic carbocycles. The number of nitrogens with zero attached hydrogens (tertiary/aromatic N) is 1. The molecule has 1 N–H and O–H groups in total. The third-order valence-corrected chi connectivity index (χ3v) is 3.38. The Kier molecular flexibility index (Phi) is 4.44. The average Bonchev–Trinajstić information content (AvgIpc) is 2.85. The highest BCUT2D eigenvalue weighted by Gasteiger charge is 2.10. The fourth-order valence-electron chi connectivity index (χ4n) is 1.64. The van der Waals surface area contributed by atoms with Crippen molar-refractivity contribution in [2.24, 2.45) is 0 Å². The molecule has 1 heterocycles. The molecule has 0 radical (unpaired) electrons. The lowest BCUT2D eigenvalue weighted by atomic mass is 10.2. The third-order valence-electron chi connectivity index (χ3n) is 2.58. The van der Waals surface area contributed by atoms with Crippen LogP contribution in [0.15, 0.2) is 39.8 Å². The Labute approximate surface area is 112 Å². The highest BCUT2D eigenvalue weighted by Crippen LogP contribution is 2.29. The lowest BCUT2D eigenvalue weighted by molar-refractivity contribution is 0.559. The molecule has 0 aliphatic rings. The first-order valence-electron chi connectivity index (χ1n) is 6.02. The third kappa shape index (κ3) is 3.15. The van der Waals surface area contributed by atoms with Crippen LogP contribution < -0.4 is 5.32 Å². The van der Waals surface area contributed by atoms with Gasteiger partial charge in [-0.25, -0.2) is 4.98 Å². The van der Waals surface area contributed by atoms with Gasteiger partial charge in [0.05, 0.1) is 11.3 Å². The molecule has 0 saturated heterocycles. The van der Waals surface area contributed by atoms with Crippen molar-refractivity contribution in [1.29, 1.82) is 0 Å². The Hall–Kier alpha value is -1.26. The highest BCUT2D eigenvalue weighted by molar-refractivity contribution is 7.98. The molecule has 2 rings (SSSR count). The minimum absolute atomic E-state index is 0.448. The molecule has 96 valence electrons. The fraction of sp³-hybridized carbons (Fsp3) is 0.357. The monoisotopic (exact) mass is 262 g/mol. The fourth-order valence-corrected chi connectivity index (χ4v) is 2.23. The predicted octanol–water partition coefficient (Wildman–Crippen LogP) is 3.56. The van der Waals surface area contributed by atoms with Crippen molar-refractivity contribution < 1.29 is 4.42 Å². The number of hydrogen-bond acceptors (Lipinski definition) is 4. The summed E-state index contributed by atoms with van der Waals surface area (Å²) >= 11 is 1.70. The van der Waals surface area contributed by atoms with Crippen LogP contribution >= 0.6 is 11.8 Å². The standard InChI is InChI=1S/C14H18N2OS/c1-10(2)15-8-11-9-17-14(16-11)12-6-4-5-7-13(12)18-3/h4-7,9-10,15H,8H2,1-3H3. The van der Waals surface area contributed by atoms with E-state index < -0.39 is 0 Å². The topological polar surface area (TPSA) is 38.1 Å². The van der Waals surface area contributed by atoms with E-state index in [-0.39, 0.29) is 0 Å². The van der Waals surface area contributed by atoms with Crippen LogP contribution in [0.2, 0.25) is 0 Å². The molecular weight excluding hydrogens is 244 g/mol. The summed E-state index contributed by atoms with van der Waals surface area (Å²) < 4.78 is 5.56. The normalized spacial score (nSPS) is 11.1. The Morgan fingerprint density at radius 2 is 2.11 bits per heavy atom. The summed E-state index contributed by atoms with van der Waals surface area (Å²) in [4.78, 5) is 5.70. The van der Waals surface area contributed by atoms with Gasteiger partial charge in [-0.3, -0.25) is 0 Å². The van der Waals surface area contributed by atoms with Crippen LogP contribution in [-0.2, 0) is 6.54 Å². The molecule has 0 unspecified atom stereocenters. The van der Waals surface area contributed by atoms with Crippen LogP contribution in [0, 0.1) is 0 Å². The zero-order valence-electron chi connectivity index (χ0n) is 10.9. The zero-order chi connectivity index (χ0) is 13.0. The van der Waals surface area contributed by atoms with Crippen molar-refractivity contribution in [3.05, 3.63) is 36.2 Å². The van der Waals surface area contributed by atoms with E-state index in [1.54, 1.807) is 18.0 Å². The Bertz CT molecular complexity index is 508. The summed E-state index contributed by atoms with van der Waals surface area (Å²) in [5.74, 6) is 0.695. The van der Waals surface area contributed by atoms with Crippen molar-refractivity contribution >= 4 is 11.8 Å². The molecule has 0 amide bonds. The summed E-state index contributed by atoms with van der Waals surface area (Å²) in [6, 6.07) is 8.60. The van der Waals surface area contributed by atoms with E-state index in [2.05, 4.69) is 36.5 Å². The molecule has 0 spiro atoms. The van der Waals surface area contributed by atoms with Gasteiger partial charge in [0.25, 0.3) is 0 Å². The number of hydrogen-bond donors (Lipinski definition) is 1. The second-order valence-corrected chi connectivity index (χ2v) is 5.23. The van der Waals surface area contributed by atoms with E-state index in [4.69, 9.17) is 4.42 Å². The van der Waals surface area contributed by atoms with Gasteiger partial charge in [0.15, 0.2) is 0 Å². The summed E-state index contributed by atoms with van der Waals surface area (Å²) in [7, 11) is 0. The largest absolute Gasteiger partial charge is 0.444 e. The number of nitrogens with one attached hydrogen (secondary N) is 1. The first-order chi connectivity index (χ1) is 8.70. The molecule has 0 bridgehead atoms. The molecule has 0 fully saturated rings. The Morgan fingerprint density at radius 3 is 2.83 bits per heavy atom. The van der Waals surface area contributed by atoms with Crippen LogP contribution in [0.1, 0.15) is 19.5 Å². The molecule has 0 saturated carbocycles. The Morgan fingerprint density at radius 1 is 1.33 bits per heavy atom. The minimum atomic E-state index is 0.448. The lowest BCUT2D eigenvalue weighted by Gasteiger charge is -2.04. The van der Waals surface area contributed by atoms with E-state index in [9.17, 15) is 0 Å². The van der Waals surface area contributed by atoms with Gasteiger partial charge in [-0.05, 0) is 18.4 Å². The molecule has 18 heavy (non-hydrogen) atoms. The quantitative estimate of drug-likeness (QED) is 0.836. The maximum Gasteiger partial charge on any atom is 0.227 e. The van der Waals surface area contributed by atoms with Gasteiger partial charge in [0, 0.05) is 17.5 Å². The van der Waals surface area contributed by atoms with Crippen LogP contribution in [0.5, 0.6) is 0 Å². The average molecular weight is 262 g/mol. The molecule has 1 aromatic carbocycles. The minimum Gasteiger partial charge on any atom is -0.444 e. The van der Waals surface area contributed by atoms with Gasteiger partial charge in [0.1, 0.15) is 6.26 Å². The van der Waals surface area contributed by atoms with Gasteiger partial charge in [-0.1, -0.05) is 26.0 Å². The SMILES string of the molecule is CSc1ccccc1-c1nc(CNC(C)C)co1. The first kappa shape index (κ1) is 13.2. The van der Waals surface area contributed by atoms with Crippen molar-refractivity contribution in [2.45, 2.75) is 31.3 Å². The van der Waals surface area contributed by atoms with Gasteiger partial charge in [0.2, 0.25) is 5.89 Å². The van der Waals surface area contributed by atoms with Crippen molar-refractivity contribution in [1.82, 2.24) is 10.3 Å². The summed E-state index contributed by atoms with van der Waals surface area (Å²) in [5, 5.41) is 3.33. The van der Waals surface area contributed by atoms with Gasteiger partial charge >= 0.3 is 0 Å². The predicted molar refractivity (Wildman–Crippen MR) is 75.7 cm³/mol. The Balaban J connectivity index is 2.18. The molecule has 0 atom stereocenters. The molecule has 2 aromatic rings. The van der Waals surface area contributed by atoms with E-state index in [0.717, 1.165) is 17.8 Å². The maximum absolute atomic E-state index is 5.56. The zero-order valence-corrected chi connectivity index (χ0v) is 11.8. The smallest absolute Gasteiger partial charge is 0.227 e. The van der Waals surface area contributed by atoms with Crippen LogP contribution in [0.3, 0.4) is 0 Å². The molecule has 4 heteroatoms. The summed E-state index contributed by atoms with van der Waals surface area (Å²) in [6.45, 7) is 4.97. The van der Waals surface area contributed by atoms with Crippen LogP contribution in [0.4, 0.5) is 0 Å². The molecule has 3 nitrogen and oxygen atoms in total. The van der Waals surface area contributed by atoms with Crippen LogP contribution in [-0.4, -0.2) is 17.3 Å². The summed E-state index contributed by atoms with van der Waals surface area (Å²) in [5.41, 5.74) is 2.00. The van der Waals surface area contributed by atoms with Gasteiger partial charge < -0.3 is 9.73 Å². The van der Waals surface area contributed by atoms with E-state index in [1.165, 1.54) is 4.90 Å². The van der Waals surface area contributed by atoms with E-state index in [0.29, 0.717) is 11.9 Å². The van der Waals surface area contributed by atoms with Gasteiger partial charge in [-0.2, -0.15) is 0 Å². The van der Waals surface area contributed by atoms with Crippen molar-refractivity contribution in [3.8, 4) is 11.5 Å². The number of thioether (sulfide) groups is 1. The van der Waals surface area contributed by atoms with Crippen LogP contribution in [0.25, 0.3) is 11.5 Å².